The third-order valence-corrected chi connectivity index (χ3v) is 6.07. The van der Waals surface area contributed by atoms with Gasteiger partial charge >= 0.3 is 0 Å². The lowest BCUT2D eigenvalue weighted by molar-refractivity contribution is 0.621. The van der Waals surface area contributed by atoms with Crippen LogP contribution in [0.2, 0.25) is 0 Å². The van der Waals surface area contributed by atoms with Crippen molar-refractivity contribution in [3.8, 4) is 11.1 Å². The number of fused-ring (bicyclic) bond motifs is 1. The highest BCUT2D eigenvalue weighted by molar-refractivity contribution is 9.10. The Balaban J connectivity index is 1.93. The van der Waals surface area contributed by atoms with Crippen molar-refractivity contribution < 1.29 is 4.39 Å². The molecule has 0 bridgehead atoms. The summed E-state index contributed by atoms with van der Waals surface area (Å²) in [5.74, 6) is 0.314. The van der Waals surface area contributed by atoms with Crippen molar-refractivity contribution in [2.24, 2.45) is 0 Å². The van der Waals surface area contributed by atoms with E-state index in [9.17, 15) is 9.18 Å². The van der Waals surface area contributed by atoms with E-state index in [0.717, 1.165) is 30.9 Å². The number of halogens is 2. The number of nitrogens with zero attached hydrogens (tertiary/aromatic N) is 2. The summed E-state index contributed by atoms with van der Waals surface area (Å²) in [6.07, 6.45) is 0. The molecule has 4 aromatic rings. The molecule has 0 aliphatic rings. The average Bonchev–Trinajstić information content (AvgIpc) is 2.95. The van der Waals surface area contributed by atoms with Gasteiger partial charge in [0, 0.05) is 14.9 Å². The van der Waals surface area contributed by atoms with E-state index in [2.05, 4.69) is 20.9 Å². The number of rotatable bonds is 3. The van der Waals surface area contributed by atoms with Gasteiger partial charge in [-0.25, -0.2) is 9.37 Å². The quantitative estimate of drug-likeness (QED) is 0.408. The Morgan fingerprint density at radius 2 is 1.89 bits per heavy atom. The van der Waals surface area contributed by atoms with Crippen molar-refractivity contribution >= 4 is 37.5 Å². The van der Waals surface area contributed by atoms with Gasteiger partial charge in [-0.05, 0) is 49.2 Å². The molecule has 2 heterocycles. The maximum absolute atomic E-state index is 13.5. The molecule has 0 saturated carbocycles. The van der Waals surface area contributed by atoms with E-state index in [1.807, 2.05) is 44.2 Å². The molecule has 3 nitrogen and oxygen atoms in total. The Morgan fingerprint density at radius 3 is 2.59 bits per heavy atom. The van der Waals surface area contributed by atoms with Gasteiger partial charge in [0.2, 0.25) is 0 Å². The van der Waals surface area contributed by atoms with E-state index in [1.165, 1.54) is 23.5 Å². The molecular weight excluding hydrogens is 427 g/mol. The topological polar surface area (TPSA) is 34.9 Å². The first kappa shape index (κ1) is 18.1. The lowest BCUT2D eigenvalue weighted by atomic mass is 10.0. The van der Waals surface area contributed by atoms with Gasteiger partial charge in [0.25, 0.3) is 5.56 Å². The second kappa shape index (κ2) is 7.02. The van der Waals surface area contributed by atoms with Gasteiger partial charge in [-0.15, -0.1) is 11.3 Å². The molecule has 0 unspecified atom stereocenters. The molecule has 0 spiro atoms. The molecule has 2 aromatic carbocycles. The zero-order valence-corrected chi connectivity index (χ0v) is 17.2. The molecule has 0 radical (unpaired) electrons. The molecule has 27 heavy (non-hydrogen) atoms. The third-order valence-electron chi connectivity index (χ3n) is 4.54. The van der Waals surface area contributed by atoms with Crippen molar-refractivity contribution in [3.05, 3.63) is 85.4 Å². The summed E-state index contributed by atoms with van der Waals surface area (Å²) in [5, 5.41) is 0.627. The Bertz CT molecular complexity index is 1210. The van der Waals surface area contributed by atoms with E-state index < -0.39 is 0 Å². The highest BCUT2D eigenvalue weighted by atomic mass is 79.9. The molecule has 0 fully saturated rings. The summed E-state index contributed by atoms with van der Waals surface area (Å²) in [7, 11) is 0. The maximum Gasteiger partial charge on any atom is 0.263 e. The number of hydrogen-bond acceptors (Lipinski definition) is 3. The van der Waals surface area contributed by atoms with Crippen LogP contribution in [-0.4, -0.2) is 9.55 Å². The van der Waals surface area contributed by atoms with Crippen LogP contribution in [0.4, 0.5) is 4.39 Å². The predicted molar refractivity (Wildman–Crippen MR) is 112 cm³/mol. The lowest BCUT2D eigenvalue weighted by Crippen LogP contribution is -2.24. The fourth-order valence-electron chi connectivity index (χ4n) is 3.26. The van der Waals surface area contributed by atoms with Crippen molar-refractivity contribution in [3.63, 3.8) is 0 Å². The Labute approximate surface area is 168 Å². The van der Waals surface area contributed by atoms with E-state index in [1.54, 1.807) is 10.6 Å². The summed E-state index contributed by atoms with van der Waals surface area (Å²) < 4.78 is 16.1. The van der Waals surface area contributed by atoms with Crippen LogP contribution in [-0.2, 0) is 6.54 Å². The van der Waals surface area contributed by atoms with E-state index in [0.29, 0.717) is 17.8 Å². The molecule has 0 aliphatic carbocycles. The van der Waals surface area contributed by atoms with Crippen LogP contribution in [0, 0.1) is 19.7 Å². The SMILES string of the molecule is Cc1sc2nc(C)n(Cc3cccc(F)c3)c(=O)c2c1-c1ccc(Br)cc1. The zero-order chi connectivity index (χ0) is 19.1. The molecule has 4 rings (SSSR count). The minimum absolute atomic E-state index is 0.0935. The van der Waals surface area contributed by atoms with Crippen molar-refractivity contribution in [1.29, 1.82) is 0 Å². The molecular formula is C21H16BrFN2OS. The van der Waals surface area contributed by atoms with Gasteiger partial charge in [0.1, 0.15) is 16.5 Å². The largest absolute Gasteiger partial charge is 0.292 e. The van der Waals surface area contributed by atoms with Crippen LogP contribution >= 0.6 is 27.3 Å². The van der Waals surface area contributed by atoms with Crippen LogP contribution in [0.3, 0.4) is 0 Å². The fourth-order valence-corrected chi connectivity index (χ4v) is 4.61. The van der Waals surface area contributed by atoms with Crippen molar-refractivity contribution in [2.75, 3.05) is 0 Å². The Hall–Kier alpha value is -2.31. The highest BCUT2D eigenvalue weighted by Crippen LogP contribution is 2.36. The zero-order valence-electron chi connectivity index (χ0n) is 14.8. The van der Waals surface area contributed by atoms with Crippen LogP contribution in [0.5, 0.6) is 0 Å². The first-order valence-corrected chi connectivity index (χ1v) is 10.1. The van der Waals surface area contributed by atoms with Crippen LogP contribution in [0.25, 0.3) is 21.3 Å². The number of hydrogen-bond donors (Lipinski definition) is 0. The van der Waals surface area contributed by atoms with Gasteiger partial charge in [-0.1, -0.05) is 40.2 Å². The number of benzene rings is 2. The minimum Gasteiger partial charge on any atom is -0.292 e. The van der Waals surface area contributed by atoms with Crippen LogP contribution < -0.4 is 5.56 Å². The monoisotopic (exact) mass is 442 g/mol. The van der Waals surface area contributed by atoms with Gasteiger partial charge in [-0.2, -0.15) is 0 Å². The first-order valence-electron chi connectivity index (χ1n) is 8.45. The van der Waals surface area contributed by atoms with Gasteiger partial charge in [-0.3, -0.25) is 9.36 Å². The number of thiophene rings is 1. The maximum atomic E-state index is 13.5. The minimum atomic E-state index is -0.311. The summed E-state index contributed by atoms with van der Waals surface area (Å²) in [5.41, 5.74) is 2.55. The molecule has 0 amide bonds. The Morgan fingerprint density at radius 1 is 1.15 bits per heavy atom. The normalized spacial score (nSPS) is 11.3. The summed E-state index contributed by atoms with van der Waals surface area (Å²) in [6.45, 7) is 4.12. The van der Waals surface area contributed by atoms with E-state index in [4.69, 9.17) is 0 Å². The second-order valence-corrected chi connectivity index (χ2v) is 8.52. The lowest BCUT2D eigenvalue weighted by Gasteiger charge is -2.10. The van der Waals surface area contributed by atoms with Crippen LogP contribution in [0.15, 0.2) is 57.8 Å². The average molecular weight is 443 g/mol. The smallest absolute Gasteiger partial charge is 0.263 e. The summed E-state index contributed by atoms with van der Waals surface area (Å²) in [6, 6.07) is 14.2. The number of aryl methyl sites for hydroxylation is 2. The number of aromatic nitrogens is 2. The molecule has 6 heteroatoms. The van der Waals surface area contributed by atoms with Gasteiger partial charge in [0.15, 0.2) is 0 Å². The molecule has 0 atom stereocenters. The molecule has 0 saturated heterocycles. The molecule has 0 aliphatic heterocycles. The van der Waals surface area contributed by atoms with Crippen LogP contribution in [0.1, 0.15) is 16.3 Å². The van der Waals surface area contributed by atoms with Gasteiger partial charge in [0.05, 0.1) is 11.9 Å². The highest BCUT2D eigenvalue weighted by Gasteiger charge is 2.18. The van der Waals surface area contributed by atoms with E-state index in [-0.39, 0.29) is 11.4 Å². The first-order chi connectivity index (χ1) is 12.9. The Kier molecular flexibility index (Phi) is 4.70. The molecule has 0 N–H and O–H groups in total. The van der Waals surface area contributed by atoms with Gasteiger partial charge < -0.3 is 0 Å². The predicted octanol–water partition coefficient (Wildman–Crippen LogP) is 5.69. The fraction of sp³-hybridized carbons (Fsp3) is 0.143. The standard InChI is InChI=1S/C21H16BrFN2OS/c1-12-18(15-6-8-16(22)9-7-15)19-20(27-12)24-13(2)25(21(19)26)11-14-4-3-5-17(23)10-14/h3-10H,11H2,1-2H3. The van der Waals surface area contributed by atoms with Crippen molar-refractivity contribution in [1.82, 2.24) is 9.55 Å². The molecule has 136 valence electrons. The van der Waals surface area contributed by atoms with Crippen molar-refractivity contribution in [2.45, 2.75) is 20.4 Å². The van der Waals surface area contributed by atoms with E-state index >= 15 is 0 Å². The summed E-state index contributed by atoms with van der Waals surface area (Å²) in [4.78, 5) is 19.8. The summed E-state index contributed by atoms with van der Waals surface area (Å²) >= 11 is 4.98. The third kappa shape index (κ3) is 3.35. The second-order valence-electron chi connectivity index (χ2n) is 6.40. The molecule has 2 aromatic heterocycles.